The number of benzene rings is 1. The van der Waals surface area contributed by atoms with Gasteiger partial charge in [0.2, 0.25) is 0 Å². The van der Waals surface area contributed by atoms with E-state index in [1.165, 1.54) is 11.3 Å². The number of fused-ring (bicyclic) bond motifs is 1. The van der Waals surface area contributed by atoms with Gasteiger partial charge in [-0.05, 0) is 51.0 Å². The number of aliphatic hydroxyl groups is 1. The summed E-state index contributed by atoms with van der Waals surface area (Å²) in [6.45, 7) is 7.64. The molecule has 20 heavy (non-hydrogen) atoms. The highest BCUT2D eigenvalue weighted by atomic mass is 79.9. The molecule has 0 bridgehead atoms. The molecule has 3 nitrogen and oxygen atoms in total. The highest BCUT2D eigenvalue weighted by Gasteiger charge is 2.33. The summed E-state index contributed by atoms with van der Waals surface area (Å²) < 4.78 is 1.06. The van der Waals surface area contributed by atoms with Gasteiger partial charge in [-0.15, -0.1) is 0 Å². The number of halogens is 1. The molecule has 1 aliphatic heterocycles. The Hall–Kier alpha value is -1.13. The molecule has 2 heterocycles. The van der Waals surface area contributed by atoms with Crippen molar-refractivity contribution in [1.82, 2.24) is 4.98 Å². The van der Waals surface area contributed by atoms with E-state index in [-0.39, 0.29) is 0 Å². The number of hydrogen-bond donors (Lipinski definition) is 1. The van der Waals surface area contributed by atoms with E-state index in [1.54, 1.807) is 0 Å². The number of rotatable bonds is 1. The molecular weight excluding hydrogens is 316 g/mol. The molecule has 2 aromatic rings. The minimum Gasteiger partial charge on any atom is -0.388 e. The van der Waals surface area contributed by atoms with Crippen molar-refractivity contribution in [3.05, 3.63) is 33.9 Å². The monoisotopic (exact) mass is 334 g/mol. The molecule has 0 amide bonds. The van der Waals surface area contributed by atoms with Crippen LogP contribution in [-0.4, -0.2) is 28.8 Å². The van der Waals surface area contributed by atoms with Crippen LogP contribution in [0.3, 0.4) is 0 Å². The summed E-state index contributed by atoms with van der Waals surface area (Å²) in [5.41, 5.74) is 3.89. The van der Waals surface area contributed by atoms with Gasteiger partial charge in [0, 0.05) is 28.6 Å². The lowest BCUT2D eigenvalue weighted by molar-refractivity contribution is 0.0839. The summed E-state index contributed by atoms with van der Waals surface area (Å²) in [4.78, 5) is 6.97. The third-order valence-corrected chi connectivity index (χ3v) is 4.66. The Labute approximate surface area is 127 Å². The van der Waals surface area contributed by atoms with Crippen molar-refractivity contribution in [2.45, 2.75) is 32.8 Å². The number of hydrogen-bond acceptors (Lipinski definition) is 3. The second-order valence-electron chi connectivity index (χ2n) is 6.00. The van der Waals surface area contributed by atoms with E-state index in [4.69, 9.17) is 0 Å². The molecule has 1 unspecified atom stereocenters. The number of aromatic nitrogens is 1. The van der Waals surface area contributed by atoms with Gasteiger partial charge in [0.25, 0.3) is 0 Å². The number of pyridine rings is 1. The van der Waals surface area contributed by atoms with Crippen molar-refractivity contribution in [3.63, 3.8) is 0 Å². The van der Waals surface area contributed by atoms with Crippen molar-refractivity contribution in [2.24, 2.45) is 0 Å². The maximum atomic E-state index is 10.2. The maximum absolute atomic E-state index is 10.2. The first-order chi connectivity index (χ1) is 9.37. The molecule has 1 fully saturated rings. The third kappa shape index (κ3) is 2.31. The van der Waals surface area contributed by atoms with E-state index in [1.807, 2.05) is 19.1 Å². The Morgan fingerprint density at radius 2 is 2.10 bits per heavy atom. The highest BCUT2D eigenvalue weighted by molar-refractivity contribution is 9.10. The van der Waals surface area contributed by atoms with Crippen LogP contribution >= 0.6 is 15.9 Å². The molecule has 1 atom stereocenters. The van der Waals surface area contributed by atoms with Gasteiger partial charge in [-0.2, -0.15) is 0 Å². The number of anilines is 1. The standard InChI is InChI=1S/C16H19BrN2O/c1-10-11(2)18-14-5-4-12(17)8-13(14)15(10)19-7-6-16(3,20)9-19/h4-5,8,20H,6-7,9H2,1-3H3. The molecule has 1 N–H and O–H groups in total. The SMILES string of the molecule is Cc1nc2ccc(Br)cc2c(N2CCC(C)(O)C2)c1C. The fourth-order valence-corrected chi connectivity index (χ4v) is 3.34. The normalized spacial score (nSPS) is 22.8. The molecule has 0 aliphatic carbocycles. The summed E-state index contributed by atoms with van der Waals surface area (Å²) in [6, 6.07) is 6.19. The Kier molecular flexibility index (Phi) is 3.26. The van der Waals surface area contributed by atoms with E-state index < -0.39 is 5.60 Å². The van der Waals surface area contributed by atoms with Crippen LogP contribution in [0.5, 0.6) is 0 Å². The van der Waals surface area contributed by atoms with Gasteiger partial charge in [-0.1, -0.05) is 15.9 Å². The summed E-state index contributed by atoms with van der Waals surface area (Å²) in [5, 5.41) is 11.4. The van der Waals surface area contributed by atoms with Crippen molar-refractivity contribution in [2.75, 3.05) is 18.0 Å². The first kappa shape index (κ1) is 13.8. The Morgan fingerprint density at radius 1 is 1.35 bits per heavy atom. The number of aryl methyl sites for hydroxylation is 1. The third-order valence-electron chi connectivity index (χ3n) is 4.17. The van der Waals surface area contributed by atoms with Gasteiger partial charge in [0.05, 0.1) is 16.8 Å². The second kappa shape index (κ2) is 4.71. The molecule has 0 spiro atoms. The van der Waals surface area contributed by atoms with Crippen LogP contribution < -0.4 is 4.90 Å². The smallest absolute Gasteiger partial charge is 0.0810 e. The molecule has 4 heteroatoms. The molecule has 1 aromatic heterocycles. The molecule has 1 saturated heterocycles. The van der Waals surface area contributed by atoms with Crippen LogP contribution in [0.4, 0.5) is 5.69 Å². The predicted octanol–water partition coefficient (Wildman–Crippen LogP) is 3.58. The summed E-state index contributed by atoms with van der Waals surface area (Å²) in [6.07, 6.45) is 0.809. The number of nitrogens with zero attached hydrogens (tertiary/aromatic N) is 2. The average molecular weight is 335 g/mol. The minimum absolute atomic E-state index is 0.595. The largest absolute Gasteiger partial charge is 0.388 e. The molecule has 106 valence electrons. The fourth-order valence-electron chi connectivity index (χ4n) is 2.98. The first-order valence-corrected chi connectivity index (χ1v) is 7.70. The number of β-amino-alcohol motifs (C(OH)–C–C–N with tert-alkyl or cyclic N) is 1. The van der Waals surface area contributed by atoms with Crippen LogP contribution in [0, 0.1) is 13.8 Å². The van der Waals surface area contributed by atoms with Crippen molar-refractivity contribution in [3.8, 4) is 0 Å². The highest BCUT2D eigenvalue weighted by Crippen LogP contribution is 2.36. The topological polar surface area (TPSA) is 36.4 Å². The van der Waals surface area contributed by atoms with Crippen LogP contribution in [0.15, 0.2) is 22.7 Å². The van der Waals surface area contributed by atoms with Crippen LogP contribution in [0.1, 0.15) is 24.6 Å². The Bertz CT molecular complexity index is 682. The molecular formula is C16H19BrN2O. The van der Waals surface area contributed by atoms with E-state index in [0.29, 0.717) is 6.54 Å². The van der Waals surface area contributed by atoms with Gasteiger partial charge in [0.15, 0.2) is 0 Å². The lowest BCUT2D eigenvalue weighted by Gasteiger charge is -2.25. The first-order valence-electron chi connectivity index (χ1n) is 6.91. The zero-order chi connectivity index (χ0) is 14.5. The van der Waals surface area contributed by atoms with E-state index in [9.17, 15) is 5.11 Å². The molecule has 0 saturated carbocycles. The van der Waals surface area contributed by atoms with Gasteiger partial charge in [0.1, 0.15) is 0 Å². The van der Waals surface area contributed by atoms with Gasteiger partial charge >= 0.3 is 0 Å². The van der Waals surface area contributed by atoms with Crippen LogP contribution in [0.25, 0.3) is 10.9 Å². The van der Waals surface area contributed by atoms with Crippen molar-refractivity contribution < 1.29 is 5.11 Å². The zero-order valence-corrected chi connectivity index (χ0v) is 13.7. The van der Waals surface area contributed by atoms with Crippen molar-refractivity contribution >= 4 is 32.5 Å². The summed E-state index contributed by atoms with van der Waals surface area (Å²) in [5.74, 6) is 0. The lowest BCUT2D eigenvalue weighted by Crippen LogP contribution is -2.30. The van der Waals surface area contributed by atoms with Crippen LogP contribution in [0.2, 0.25) is 0 Å². The predicted molar refractivity (Wildman–Crippen MR) is 86.4 cm³/mol. The average Bonchev–Trinajstić information content (AvgIpc) is 2.72. The summed E-state index contributed by atoms with van der Waals surface area (Å²) in [7, 11) is 0. The van der Waals surface area contributed by atoms with E-state index >= 15 is 0 Å². The van der Waals surface area contributed by atoms with E-state index in [2.05, 4.69) is 45.7 Å². The van der Waals surface area contributed by atoms with Gasteiger partial charge in [-0.3, -0.25) is 4.98 Å². The molecule has 0 radical (unpaired) electrons. The van der Waals surface area contributed by atoms with Gasteiger partial charge in [-0.25, -0.2) is 0 Å². The Morgan fingerprint density at radius 3 is 2.75 bits per heavy atom. The van der Waals surface area contributed by atoms with E-state index in [0.717, 1.165) is 34.0 Å². The molecule has 1 aromatic carbocycles. The molecule has 3 rings (SSSR count). The minimum atomic E-state index is -0.595. The Balaban J connectivity index is 2.22. The fraction of sp³-hybridized carbons (Fsp3) is 0.438. The van der Waals surface area contributed by atoms with Crippen LogP contribution in [-0.2, 0) is 0 Å². The maximum Gasteiger partial charge on any atom is 0.0810 e. The summed E-state index contributed by atoms with van der Waals surface area (Å²) >= 11 is 3.54. The molecule has 1 aliphatic rings. The van der Waals surface area contributed by atoms with Crippen molar-refractivity contribution in [1.29, 1.82) is 0 Å². The van der Waals surface area contributed by atoms with Gasteiger partial charge < -0.3 is 10.0 Å². The second-order valence-corrected chi connectivity index (χ2v) is 6.92. The quantitative estimate of drug-likeness (QED) is 0.865. The zero-order valence-electron chi connectivity index (χ0n) is 12.1. The lowest BCUT2D eigenvalue weighted by atomic mass is 10.1.